The van der Waals surface area contributed by atoms with Gasteiger partial charge in [0.15, 0.2) is 0 Å². The van der Waals surface area contributed by atoms with Crippen LogP contribution in [0.25, 0.3) is 11.0 Å². The lowest BCUT2D eigenvalue weighted by Gasteiger charge is -2.10. The third-order valence-corrected chi connectivity index (χ3v) is 3.05. The van der Waals surface area contributed by atoms with E-state index in [1.165, 1.54) is 12.1 Å². The van der Waals surface area contributed by atoms with Gasteiger partial charge in [0.2, 0.25) is 0 Å². The number of fused-ring (bicyclic) bond motifs is 1. The molecule has 1 atom stereocenters. The monoisotopic (exact) mass is 241 g/mol. The van der Waals surface area contributed by atoms with Crippen LogP contribution in [0.4, 0.5) is 4.39 Å². The van der Waals surface area contributed by atoms with E-state index in [0.717, 1.165) is 22.1 Å². The minimum Gasteiger partial charge on any atom is -0.464 e. The Labute approximate surface area is 104 Å². The molecule has 2 N–H and O–H groups in total. The van der Waals surface area contributed by atoms with Gasteiger partial charge in [-0.15, -0.1) is 0 Å². The average molecular weight is 241 g/mol. The number of furan rings is 1. The van der Waals surface area contributed by atoms with Gasteiger partial charge in [0.1, 0.15) is 11.4 Å². The standard InChI is InChI=1S/C15H12FNO/c16-11-5-3-4-10(8-11)15(17)13-9-18-14-7-2-1-6-12(13)14/h1-9,15H,17H2. The van der Waals surface area contributed by atoms with Crippen molar-refractivity contribution in [2.45, 2.75) is 6.04 Å². The Bertz CT molecular complexity index is 690. The summed E-state index contributed by atoms with van der Waals surface area (Å²) in [7, 11) is 0. The molecule has 2 aromatic carbocycles. The largest absolute Gasteiger partial charge is 0.464 e. The van der Waals surface area contributed by atoms with Gasteiger partial charge in [-0.3, -0.25) is 0 Å². The maximum atomic E-state index is 13.2. The summed E-state index contributed by atoms with van der Waals surface area (Å²) in [6.45, 7) is 0. The van der Waals surface area contributed by atoms with E-state index in [1.807, 2.05) is 30.3 Å². The topological polar surface area (TPSA) is 39.2 Å². The summed E-state index contributed by atoms with van der Waals surface area (Å²) in [5, 5.41) is 0.967. The quantitative estimate of drug-likeness (QED) is 0.744. The van der Waals surface area contributed by atoms with Crippen molar-refractivity contribution in [1.82, 2.24) is 0 Å². The lowest BCUT2D eigenvalue weighted by Crippen LogP contribution is -2.11. The Morgan fingerprint density at radius 2 is 1.89 bits per heavy atom. The molecular weight excluding hydrogens is 229 g/mol. The minimum atomic E-state index is -0.385. The van der Waals surface area contributed by atoms with Crippen LogP contribution in [0.5, 0.6) is 0 Å². The van der Waals surface area contributed by atoms with Crippen LogP contribution in [0.15, 0.2) is 59.2 Å². The predicted molar refractivity (Wildman–Crippen MR) is 68.6 cm³/mol. The van der Waals surface area contributed by atoms with E-state index in [2.05, 4.69) is 0 Å². The van der Waals surface area contributed by atoms with E-state index in [9.17, 15) is 4.39 Å². The zero-order chi connectivity index (χ0) is 12.5. The molecule has 1 heterocycles. The van der Waals surface area contributed by atoms with E-state index in [0.29, 0.717) is 0 Å². The van der Waals surface area contributed by atoms with Gasteiger partial charge in [-0.2, -0.15) is 0 Å². The van der Waals surface area contributed by atoms with Crippen molar-refractivity contribution < 1.29 is 8.81 Å². The highest BCUT2D eigenvalue weighted by molar-refractivity contribution is 5.81. The van der Waals surface area contributed by atoms with Gasteiger partial charge < -0.3 is 10.2 Å². The first-order valence-corrected chi connectivity index (χ1v) is 5.73. The smallest absolute Gasteiger partial charge is 0.134 e. The third-order valence-electron chi connectivity index (χ3n) is 3.05. The van der Waals surface area contributed by atoms with Gasteiger partial charge in [0.05, 0.1) is 12.3 Å². The zero-order valence-electron chi connectivity index (χ0n) is 9.64. The number of benzene rings is 2. The molecule has 0 bridgehead atoms. The van der Waals surface area contributed by atoms with E-state index in [1.54, 1.807) is 12.3 Å². The first kappa shape index (κ1) is 11.0. The molecule has 0 aliphatic rings. The van der Waals surface area contributed by atoms with Crippen LogP contribution in [-0.4, -0.2) is 0 Å². The van der Waals surface area contributed by atoms with Crippen LogP contribution in [0, 0.1) is 5.82 Å². The Morgan fingerprint density at radius 1 is 1.06 bits per heavy atom. The lowest BCUT2D eigenvalue weighted by molar-refractivity contribution is 0.605. The Kier molecular flexibility index (Phi) is 2.61. The highest BCUT2D eigenvalue weighted by Crippen LogP contribution is 2.29. The van der Waals surface area contributed by atoms with Crippen LogP contribution in [0.3, 0.4) is 0 Å². The fourth-order valence-corrected chi connectivity index (χ4v) is 2.12. The van der Waals surface area contributed by atoms with E-state index in [-0.39, 0.29) is 11.9 Å². The highest BCUT2D eigenvalue weighted by atomic mass is 19.1. The summed E-state index contributed by atoms with van der Waals surface area (Å²) in [6.07, 6.45) is 1.64. The number of rotatable bonds is 2. The number of para-hydroxylation sites is 1. The molecule has 0 saturated carbocycles. The summed E-state index contributed by atoms with van der Waals surface area (Å²) in [4.78, 5) is 0. The molecule has 1 aromatic heterocycles. The molecule has 3 rings (SSSR count). The van der Waals surface area contributed by atoms with Crippen molar-refractivity contribution in [3.05, 3.63) is 71.7 Å². The number of hydrogen-bond donors (Lipinski definition) is 1. The van der Waals surface area contributed by atoms with Crippen molar-refractivity contribution >= 4 is 11.0 Å². The fraction of sp³-hybridized carbons (Fsp3) is 0.0667. The first-order valence-electron chi connectivity index (χ1n) is 5.73. The summed E-state index contributed by atoms with van der Waals surface area (Å²) in [5.74, 6) is -0.282. The molecule has 18 heavy (non-hydrogen) atoms. The minimum absolute atomic E-state index is 0.282. The summed E-state index contributed by atoms with van der Waals surface area (Å²) >= 11 is 0. The van der Waals surface area contributed by atoms with Crippen LogP contribution >= 0.6 is 0 Å². The summed E-state index contributed by atoms with van der Waals surface area (Å²) in [5.41, 5.74) is 8.57. The van der Waals surface area contributed by atoms with Crippen molar-refractivity contribution in [3.63, 3.8) is 0 Å². The first-order chi connectivity index (χ1) is 8.75. The van der Waals surface area contributed by atoms with Crippen LogP contribution in [0.2, 0.25) is 0 Å². The summed E-state index contributed by atoms with van der Waals surface area (Å²) < 4.78 is 18.7. The van der Waals surface area contributed by atoms with Gasteiger partial charge in [0, 0.05) is 10.9 Å². The van der Waals surface area contributed by atoms with Gasteiger partial charge in [-0.1, -0.05) is 30.3 Å². The van der Waals surface area contributed by atoms with E-state index >= 15 is 0 Å². The van der Waals surface area contributed by atoms with Gasteiger partial charge >= 0.3 is 0 Å². The van der Waals surface area contributed by atoms with Crippen molar-refractivity contribution in [2.24, 2.45) is 5.73 Å². The lowest BCUT2D eigenvalue weighted by atomic mass is 9.99. The van der Waals surface area contributed by atoms with Gasteiger partial charge in [-0.05, 0) is 23.8 Å². The van der Waals surface area contributed by atoms with Crippen molar-refractivity contribution in [3.8, 4) is 0 Å². The molecule has 3 aromatic rings. The second-order valence-electron chi connectivity index (χ2n) is 4.22. The second kappa shape index (κ2) is 4.27. The van der Waals surface area contributed by atoms with Crippen LogP contribution in [-0.2, 0) is 0 Å². The molecule has 0 radical (unpaired) electrons. The number of nitrogens with two attached hydrogens (primary N) is 1. The molecule has 90 valence electrons. The van der Waals surface area contributed by atoms with Gasteiger partial charge in [-0.25, -0.2) is 4.39 Å². The Morgan fingerprint density at radius 3 is 2.72 bits per heavy atom. The predicted octanol–water partition coefficient (Wildman–Crippen LogP) is 3.62. The van der Waals surface area contributed by atoms with Crippen LogP contribution < -0.4 is 5.73 Å². The number of halogens is 1. The molecule has 2 nitrogen and oxygen atoms in total. The van der Waals surface area contributed by atoms with E-state index < -0.39 is 0 Å². The average Bonchev–Trinajstić information content (AvgIpc) is 2.82. The second-order valence-corrected chi connectivity index (χ2v) is 4.22. The normalized spacial score (nSPS) is 12.8. The Balaban J connectivity index is 2.09. The van der Waals surface area contributed by atoms with Crippen LogP contribution in [0.1, 0.15) is 17.2 Å². The Hall–Kier alpha value is -2.13. The third kappa shape index (κ3) is 1.79. The molecule has 1 unspecified atom stereocenters. The maximum Gasteiger partial charge on any atom is 0.134 e. The molecule has 3 heteroatoms. The van der Waals surface area contributed by atoms with Crippen molar-refractivity contribution in [1.29, 1.82) is 0 Å². The molecule has 0 saturated heterocycles. The van der Waals surface area contributed by atoms with Crippen molar-refractivity contribution in [2.75, 3.05) is 0 Å². The summed E-state index contributed by atoms with van der Waals surface area (Å²) in [6, 6.07) is 13.6. The van der Waals surface area contributed by atoms with E-state index in [4.69, 9.17) is 10.2 Å². The highest BCUT2D eigenvalue weighted by Gasteiger charge is 2.15. The molecule has 0 amide bonds. The fourth-order valence-electron chi connectivity index (χ4n) is 2.12. The van der Waals surface area contributed by atoms with Gasteiger partial charge in [0.25, 0.3) is 0 Å². The maximum absolute atomic E-state index is 13.2. The molecule has 0 aliphatic carbocycles. The number of hydrogen-bond acceptors (Lipinski definition) is 2. The molecular formula is C15H12FNO. The molecule has 0 spiro atoms. The molecule has 0 fully saturated rings. The molecule has 0 aliphatic heterocycles. The SMILES string of the molecule is NC(c1cccc(F)c1)c1coc2ccccc12. The zero-order valence-corrected chi connectivity index (χ0v) is 9.64.